The maximum Gasteiger partial charge on any atom is 0.257 e. The number of fused-ring (bicyclic) bond motifs is 1. The van der Waals surface area contributed by atoms with Crippen LogP contribution in [0.25, 0.3) is 0 Å². The highest BCUT2D eigenvalue weighted by Crippen LogP contribution is 2.22. The van der Waals surface area contributed by atoms with Crippen molar-refractivity contribution in [2.45, 2.75) is 31.1 Å². The third-order valence-electron chi connectivity index (χ3n) is 6.66. The monoisotopic (exact) mass is 685 g/mol. The molecule has 0 fully saturated rings. The summed E-state index contributed by atoms with van der Waals surface area (Å²) in [7, 11) is 0. The molecular formula is C30H51N7O9S. The number of nitrogens with two attached hydrogens (primary N) is 1. The van der Waals surface area contributed by atoms with E-state index in [4.69, 9.17) is 43.6 Å². The van der Waals surface area contributed by atoms with Crippen LogP contribution in [0.1, 0.15) is 28.2 Å². The molecule has 0 aromatic carbocycles. The smallest absolute Gasteiger partial charge is 0.257 e. The van der Waals surface area contributed by atoms with Gasteiger partial charge in [-0.1, -0.05) is 17.0 Å². The van der Waals surface area contributed by atoms with Crippen LogP contribution in [0.4, 0.5) is 0 Å². The summed E-state index contributed by atoms with van der Waals surface area (Å²) in [6.45, 7) is 10.5. The van der Waals surface area contributed by atoms with Gasteiger partial charge in [0, 0.05) is 25.5 Å². The molecule has 1 aliphatic heterocycles. The van der Waals surface area contributed by atoms with Crippen LogP contribution in [0.3, 0.4) is 0 Å². The predicted octanol–water partition coefficient (Wildman–Crippen LogP) is 0.470. The van der Waals surface area contributed by atoms with Crippen molar-refractivity contribution in [1.29, 1.82) is 0 Å². The van der Waals surface area contributed by atoms with E-state index in [1.165, 1.54) is 11.8 Å². The van der Waals surface area contributed by atoms with Crippen molar-refractivity contribution in [2.75, 3.05) is 125 Å². The maximum absolute atomic E-state index is 12.6. The molecule has 47 heavy (non-hydrogen) atoms. The summed E-state index contributed by atoms with van der Waals surface area (Å²) in [6.07, 6.45) is 7.01. The lowest BCUT2D eigenvalue weighted by Crippen LogP contribution is -2.25. The first-order valence-electron chi connectivity index (χ1n) is 16.1. The van der Waals surface area contributed by atoms with E-state index in [1.54, 1.807) is 10.9 Å². The second kappa shape index (κ2) is 25.7. The number of hydrogen-bond acceptors (Lipinski definition) is 15. The summed E-state index contributed by atoms with van der Waals surface area (Å²) < 4.78 is 45.4. The van der Waals surface area contributed by atoms with Crippen LogP contribution in [0.2, 0.25) is 0 Å². The Morgan fingerprint density at radius 1 is 0.745 bits per heavy atom. The molecule has 2 N–H and O–H groups in total. The van der Waals surface area contributed by atoms with Gasteiger partial charge in [-0.25, -0.2) is 14.6 Å². The van der Waals surface area contributed by atoms with Crippen molar-refractivity contribution >= 4 is 17.7 Å². The molecular weight excluding hydrogens is 634 g/mol. The molecule has 0 aliphatic carbocycles. The molecule has 3 rings (SSSR count). The van der Waals surface area contributed by atoms with Crippen LogP contribution in [0.15, 0.2) is 17.6 Å². The second-order valence-corrected chi connectivity index (χ2v) is 11.0. The molecule has 0 saturated carbocycles. The second-order valence-electron chi connectivity index (χ2n) is 10.2. The fourth-order valence-corrected chi connectivity index (χ4v) is 4.66. The van der Waals surface area contributed by atoms with E-state index >= 15 is 0 Å². The molecule has 16 nitrogen and oxygen atoms in total. The van der Waals surface area contributed by atoms with Gasteiger partial charge in [-0.15, -0.1) is 5.10 Å². The lowest BCUT2D eigenvalue weighted by molar-refractivity contribution is -0.0231. The van der Waals surface area contributed by atoms with Crippen LogP contribution < -0.4 is 5.73 Å². The van der Waals surface area contributed by atoms with Crippen molar-refractivity contribution in [3.8, 4) is 0 Å². The van der Waals surface area contributed by atoms with Crippen LogP contribution >= 0.6 is 11.8 Å². The van der Waals surface area contributed by atoms with E-state index in [-0.39, 0.29) is 5.91 Å². The minimum absolute atomic E-state index is 0.00794. The number of aryl methyl sites for hydroxylation is 1. The summed E-state index contributed by atoms with van der Waals surface area (Å²) in [4.78, 5) is 23.1. The summed E-state index contributed by atoms with van der Waals surface area (Å²) in [6, 6.07) is 0. The topological polar surface area (TPSA) is 177 Å². The van der Waals surface area contributed by atoms with E-state index in [2.05, 4.69) is 20.3 Å². The maximum atomic E-state index is 12.6. The first kappa shape index (κ1) is 39.1. The minimum Gasteiger partial charge on any atom is -0.378 e. The highest BCUT2D eigenvalue weighted by Gasteiger charge is 2.29. The van der Waals surface area contributed by atoms with E-state index in [1.807, 2.05) is 17.4 Å². The average molecular weight is 686 g/mol. The summed E-state index contributed by atoms with van der Waals surface area (Å²) in [5, 5.41) is 9.09. The van der Waals surface area contributed by atoms with Crippen molar-refractivity contribution < 1.29 is 42.7 Å². The van der Waals surface area contributed by atoms with Crippen molar-refractivity contribution in [3.63, 3.8) is 0 Å². The van der Waals surface area contributed by atoms with Crippen LogP contribution in [0, 0.1) is 0 Å². The number of carbonyl (C=O) groups is 1. The molecule has 266 valence electrons. The van der Waals surface area contributed by atoms with Crippen molar-refractivity contribution in [2.24, 2.45) is 5.73 Å². The van der Waals surface area contributed by atoms with Gasteiger partial charge in [0.15, 0.2) is 5.16 Å². The Hall–Kier alpha value is -2.32. The molecule has 0 bridgehead atoms. The van der Waals surface area contributed by atoms with E-state index < -0.39 is 0 Å². The third-order valence-corrected chi connectivity index (χ3v) is 7.23. The number of thioether (sulfide) groups is 1. The first-order valence-corrected chi connectivity index (χ1v) is 17.3. The fourth-order valence-electron chi connectivity index (χ4n) is 4.30. The number of carbonyl (C=O) groups excluding carboxylic acids is 1. The Bertz CT molecular complexity index is 1100. The van der Waals surface area contributed by atoms with E-state index in [0.29, 0.717) is 143 Å². The van der Waals surface area contributed by atoms with Gasteiger partial charge >= 0.3 is 0 Å². The molecule has 2 aromatic rings. The van der Waals surface area contributed by atoms with Gasteiger partial charge in [0.25, 0.3) is 5.91 Å². The quantitative estimate of drug-likeness (QED) is 0.0658. The molecule has 0 atom stereocenters. The Balaban J connectivity index is 1.02. The number of rotatable bonds is 31. The zero-order chi connectivity index (χ0) is 33.2. The molecule has 0 unspecified atom stereocenters. The fraction of sp³-hybridized carbons (Fsp3) is 0.767. The van der Waals surface area contributed by atoms with Crippen molar-refractivity contribution in [3.05, 3.63) is 29.3 Å². The molecule has 3 heterocycles. The molecule has 1 aliphatic rings. The Morgan fingerprint density at radius 3 is 1.77 bits per heavy atom. The molecule has 17 heteroatoms. The highest BCUT2D eigenvalue weighted by molar-refractivity contribution is 7.98. The lowest BCUT2D eigenvalue weighted by Gasteiger charge is -2.14. The van der Waals surface area contributed by atoms with Gasteiger partial charge in [-0.2, -0.15) is 0 Å². The third kappa shape index (κ3) is 17.1. The Labute approximate surface area is 281 Å². The van der Waals surface area contributed by atoms with Gasteiger partial charge in [-0.05, 0) is 19.1 Å². The number of ether oxygens (including phenoxy) is 8. The molecule has 0 radical (unpaired) electrons. The van der Waals surface area contributed by atoms with E-state index in [9.17, 15) is 4.79 Å². The normalized spacial score (nSPS) is 12.8. The van der Waals surface area contributed by atoms with Crippen LogP contribution in [-0.4, -0.2) is 161 Å². The molecule has 2 aromatic heterocycles. The van der Waals surface area contributed by atoms with Crippen LogP contribution in [-0.2, 0) is 57.4 Å². The Morgan fingerprint density at radius 2 is 1.26 bits per heavy atom. The molecule has 0 spiro atoms. The summed E-state index contributed by atoms with van der Waals surface area (Å²) >= 11 is 1.47. The van der Waals surface area contributed by atoms with Gasteiger partial charge in [-0.3, -0.25) is 4.79 Å². The lowest BCUT2D eigenvalue weighted by atomic mass is 10.2. The molecule has 0 saturated heterocycles. The largest absolute Gasteiger partial charge is 0.378 e. The van der Waals surface area contributed by atoms with E-state index in [0.717, 1.165) is 24.2 Å². The minimum atomic E-state index is -0.00794. The van der Waals surface area contributed by atoms with Gasteiger partial charge in [0.1, 0.15) is 0 Å². The molecule has 1 amide bonds. The van der Waals surface area contributed by atoms with Gasteiger partial charge in [0.05, 0.1) is 136 Å². The average Bonchev–Trinajstić information content (AvgIpc) is 3.67. The standard InChI is InChI=1S/C30H51N7O9S/c1-47-30-32-23-27-28(33-30)25-36(29(27)38)5-2-3-26-24-37(35-34-26)6-8-40-10-12-42-14-16-44-18-20-46-22-21-45-19-17-43-15-13-41-11-9-39-7-4-31/h23-24H,2-22,25,31H2,1H3. The van der Waals surface area contributed by atoms with Gasteiger partial charge in [0.2, 0.25) is 0 Å². The number of aromatic nitrogens is 5. The zero-order valence-electron chi connectivity index (χ0n) is 27.6. The SMILES string of the molecule is CSc1ncc2c(n1)CN(CCCc1cn(CCOCCOCCOCCOCCOCCOCCOCCOCCN)nn1)C2=O. The summed E-state index contributed by atoms with van der Waals surface area (Å²) in [5.74, 6) is -0.00794. The first-order chi connectivity index (χ1) is 23.2. The van der Waals surface area contributed by atoms with Gasteiger partial charge < -0.3 is 48.5 Å². The highest BCUT2D eigenvalue weighted by atomic mass is 32.2. The number of hydrogen-bond donors (Lipinski definition) is 1. The Kier molecular flexibility index (Phi) is 21.4. The predicted molar refractivity (Wildman–Crippen MR) is 173 cm³/mol. The zero-order valence-corrected chi connectivity index (χ0v) is 28.4. The number of nitrogens with zero attached hydrogens (tertiary/aromatic N) is 6. The summed E-state index contributed by atoms with van der Waals surface area (Å²) in [5.41, 5.74) is 7.63. The van der Waals surface area contributed by atoms with Crippen molar-refractivity contribution in [1.82, 2.24) is 29.9 Å². The van der Waals surface area contributed by atoms with Crippen LogP contribution in [0.5, 0.6) is 0 Å². The number of amides is 1.